The predicted octanol–water partition coefficient (Wildman–Crippen LogP) is 3.04. The fourth-order valence-corrected chi connectivity index (χ4v) is 3.86. The van der Waals surface area contributed by atoms with Gasteiger partial charge in [0.05, 0.1) is 10.8 Å². The van der Waals surface area contributed by atoms with E-state index in [1.807, 2.05) is 0 Å². The van der Waals surface area contributed by atoms with Gasteiger partial charge in [0.1, 0.15) is 9.79 Å². The molecule has 0 spiro atoms. The second-order valence-electron chi connectivity index (χ2n) is 5.64. The lowest BCUT2D eigenvalue weighted by Crippen LogP contribution is -2.08. The van der Waals surface area contributed by atoms with Crippen molar-refractivity contribution in [3.8, 4) is 0 Å². The summed E-state index contributed by atoms with van der Waals surface area (Å²) in [6, 6.07) is 7.43. The minimum atomic E-state index is -4.66. The fourth-order valence-electron chi connectivity index (χ4n) is 2.38. The number of carbonyl (C=O) groups excluding carboxylic acids is 1. The van der Waals surface area contributed by atoms with Gasteiger partial charge in [-0.3, -0.25) is 13.9 Å². The summed E-state index contributed by atoms with van der Waals surface area (Å²) in [7, 11) is -9.25. The maximum atomic E-state index is 11.7. The molecule has 0 bridgehead atoms. The Bertz CT molecular complexity index is 1260. The number of rotatable bonds is 6. The molecule has 1 amide bonds. The second-order valence-corrected chi connectivity index (χ2v) is 8.60. The van der Waals surface area contributed by atoms with E-state index in [1.54, 1.807) is 0 Å². The first-order chi connectivity index (χ1) is 13.4. The van der Waals surface area contributed by atoms with E-state index in [-0.39, 0.29) is 22.5 Å². The Kier molecular flexibility index (Phi) is 6.80. The molecule has 0 atom stereocenters. The Morgan fingerprint density at radius 3 is 2.17 bits per heavy atom. The van der Waals surface area contributed by atoms with Gasteiger partial charge in [-0.25, -0.2) is 0 Å². The molecule has 29 heavy (non-hydrogen) atoms. The van der Waals surface area contributed by atoms with Crippen molar-refractivity contribution in [2.24, 2.45) is 4.99 Å². The van der Waals surface area contributed by atoms with Crippen molar-refractivity contribution in [2.45, 2.75) is 16.7 Å². The van der Waals surface area contributed by atoms with Gasteiger partial charge in [-0.05, 0) is 53.7 Å². The van der Waals surface area contributed by atoms with Crippen LogP contribution in [0.1, 0.15) is 18.1 Å². The molecule has 0 fully saturated rings. The highest BCUT2D eigenvalue weighted by atomic mass is 32.2. The number of amides is 1. The number of nitrogens with zero attached hydrogens (tertiary/aromatic N) is 1. The van der Waals surface area contributed by atoms with Gasteiger partial charge in [-0.1, -0.05) is 18.2 Å². The summed E-state index contributed by atoms with van der Waals surface area (Å²) in [5.74, 6) is -0.441. The van der Waals surface area contributed by atoms with Crippen molar-refractivity contribution in [1.82, 2.24) is 0 Å². The van der Waals surface area contributed by atoms with E-state index in [0.29, 0.717) is 0 Å². The molecular formula is C17H14N2O7S3. The number of isothiocyanates is 1. The molecule has 2 aromatic rings. The van der Waals surface area contributed by atoms with Gasteiger partial charge in [-0.2, -0.15) is 21.8 Å². The van der Waals surface area contributed by atoms with Crippen LogP contribution in [0, 0.1) is 0 Å². The molecule has 0 aliphatic heterocycles. The Balaban J connectivity index is 2.63. The van der Waals surface area contributed by atoms with Gasteiger partial charge in [-0.15, -0.1) is 0 Å². The van der Waals surface area contributed by atoms with Crippen LogP contribution in [0.15, 0.2) is 51.2 Å². The Labute approximate surface area is 172 Å². The van der Waals surface area contributed by atoms with E-state index in [2.05, 4.69) is 27.7 Å². The Morgan fingerprint density at radius 1 is 1.00 bits per heavy atom. The Hall–Kier alpha value is -2.73. The number of hydrogen-bond donors (Lipinski definition) is 3. The van der Waals surface area contributed by atoms with Crippen molar-refractivity contribution in [3.05, 3.63) is 47.5 Å². The molecule has 0 aromatic heterocycles. The zero-order chi connectivity index (χ0) is 21.8. The first-order valence-corrected chi connectivity index (χ1v) is 11.0. The van der Waals surface area contributed by atoms with Crippen molar-refractivity contribution in [3.63, 3.8) is 0 Å². The smallest absolute Gasteiger partial charge is 0.295 e. The lowest BCUT2D eigenvalue weighted by Gasteiger charge is -2.08. The monoisotopic (exact) mass is 454 g/mol. The number of hydrogen-bond acceptors (Lipinski definition) is 7. The molecule has 0 radical (unpaired) electrons. The molecule has 9 nitrogen and oxygen atoms in total. The highest BCUT2D eigenvalue weighted by Crippen LogP contribution is 2.26. The molecule has 0 saturated heterocycles. The minimum absolute atomic E-state index is 0.00614. The molecule has 12 heteroatoms. The van der Waals surface area contributed by atoms with Gasteiger partial charge in [0.2, 0.25) is 5.91 Å². The fraction of sp³-hybridized carbons (Fsp3) is 0.0588. The van der Waals surface area contributed by atoms with Gasteiger partial charge >= 0.3 is 0 Å². The quantitative estimate of drug-likeness (QED) is 0.261. The van der Waals surface area contributed by atoms with E-state index in [0.717, 1.165) is 12.1 Å². The highest BCUT2D eigenvalue weighted by Gasteiger charge is 2.17. The lowest BCUT2D eigenvalue weighted by molar-refractivity contribution is -0.114. The standard InChI is InChI=1S/C17H14N2O7S3/c1-11(20)19-15-5-4-12(17(9-15)29(24,25)26)2-3-13-8-14(18-10-27)6-7-16(13)28(21,22)23/h2-9H,1H3,(H,19,20)(H,21,22,23)(H,24,25,26). The van der Waals surface area contributed by atoms with Crippen LogP contribution in [0.25, 0.3) is 12.2 Å². The van der Waals surface area contributed by atoms with Crippen LogP contribution < -0.4 is 5.32 Å². The number of carbonyl (C=O) groups is 1. The van der Waals surface area contributed by atoms with Crippen molar-refractivity contribution in [2.75, 3.05) is 5.32 Å². The summed E-state index contributed by atoms with van der Waals surface area (Å²) in [6.07, 6.45) is 2.43. The maximum absolute atomic E-state index is 11.7. The van der Waals surface area contributed by atoms with Crippen LogP contribution >= 0.6 is 12.2 Å². The zero-order valence-corrected chi connectivity index (χ0v) is 17.2. The molecular weight excluding hydrogens is 440 g/mol. The highest BCUT2D eigenvalue weighted by molar-refractivity contribution is 7.86. The molecule has 0 aliphatic rings. The normalized spacial score (nSPS) is 11.8. The topological polar surface area (TPSA) is 150 Å². The zero-order valence-electron chi connectivity index (χ0n) is 14.7. The third-order valence-corrected chi connectivity index (χ3v) is 5.43. The van der Waals surface area contributed by atoms with Crippen LogP contribution in [0.4, 0.5) is 11.4 Å². The number of thiocarbonyl (C=S) groups is 1. The third-order valence-electron chi connectivity index (χ3n) is 3.50. The van der Waals surface area contributed by atoms with E-state index in [1.165, 1.54) is 43.3 Å². The van der Waals surface area contributed by atoms with Crippen molar-refractivity contribution >= 4 is 67.0 Å². The molecule has 2 aromatic carbocycles. The summed E-state index contributed by atoms with van der Waals surface area (Å²) >= 11 is 4.50. The van der Waals surface area contributed by atoms with Crippen molar-refractivity contribution < 1.29 is 30.7 Å². The summed E-state index contributed by atoms with van der Waals surface area (Å²) in [6.45, 7) is 1.23. The SMILES string of the molecule is CC(=O)Nc1ccc(C=Cc2cc(N=C=S)ccc2S(=O)(=O)O)c(S(=O)(=O)O)c1. The first-order valence-electron chi connectivity index (χ1n) is 7.68. The Morgan fingerprint density at radius 2 is 1.62 bits per heavy atom. The molecule has 2 rings (SSSR count). The molecule has 0 aliphatic carbocycles. The average molecular weight is 455 g/mol. The van der Waals surface area contributed by atoms with Gasteiger partial charge in [0, 0.05) is 12.6 Å². The second kappa shape index (κ2) is 8.74. The van der Waals surface area contributed by atoms with E-state index >= 15 is 0 Å². The number of benzene rings is 2. The average Bonchev–Trinajstić information content (AvgIpc) is 2.58. The summed E-state index contributed by atoms with van der Waals surface area (Å²) in [5.41, 5.74) is 0.388. The predicted molar refractivity (Wildman–Crippen MR) is 110 cm³/mol. The van der Waals surface area contributed by atoms with E-state index in [4.69, 9.17) is 0 Å². The molecule has 0 heterocycles. The number of nitrogens with one attached hydrogen (secondary N) is 1. The van der Waals surface area contributed by atoms with Gasteiger partial charge in [0.15, 0.2) is 0 Å². The van der Waals surface area contributed by atoms with Crippen LogP contribution in [-0.2, 0) is 25.0 Å². The van der Waals surface area contributed by atoms with Gasteiger partial charge < -0.3 is 5.32 Å². The maximum Gasteiger partial charge on any atom is 0.295 e. The number of aliphatic imine (C=N–C) groups is 1. The molecule has 152 valence electrons. The van der Waals surface area contributed by atoms with Gasteiger partial charge in [0.25, 0.3) is 20.2 Å². The van der Waals surface area contributed by atoms with Crippen LogP contribution in [-0.4, -0.2) is 37.0 Å². The first kappa shape index (κ1) is 22.6. The third kappa shape index (κ3) is 6.12. The van der Waals surface area contributed by atoms with Crippen LogP contribution in [0.3, 0.4) is 0 Å². The van der Waals surface area contributed by atoms with Crippen LogP contribution in [0.2, 0.25) is 0 Å². The molecule has 0 saturated carbocycles. The number of anilines is 1. The van der Waals surface area contributed by atoms with Crippen LogP contribution in [0.5, 0.6) is 0 Å². The lowest BCUT2D eigenvalue weighted by atomic mass is 10.1. The summed E-state index contributed by atoms with van der Waals surface area (Å²) in [4.78, 5) is 13.9. The summed E-state index contributed by atoms with van der Waals surface area (Å²) in [5, 5.41) is 4.51. The van der Waals surface area contributed by atoms with E-state index in [9.17, 15) is 30.7 Å². The largest absolute Gasteiger partial charge is 0.326 e. The molecule has 3 N–H and O–H groups in total. The van der Waals surface area contributed by atoms with Crippen molar-refractivity contribution in [1.29, 1.82) is 0 Å². The minimum Gasteiger partial charge on any atom is -0.326 e. The van der Waals surface area contributed by atoms with E-state index < -0.39 is 35.9 Å². The summed E-state index contributed by atoms with van der Waals surface area (Å²) < 4.78 is 65.5. The molecule has 0 unspecified atom stereocenters.